The number of hydrogen-bond donors (Lipinski definition) is 0. The van der Waals surface area contributed by atoms with E-state index in [1.165, 1.54) is 10.4 Å². The van der Waals surface area contributed by atoms with Crippen molar-refractivity contribution < 1.29 is 0 Å². The predicted molar refractivity (Wildman–Crippen MR) is 108 cm³/mol. The summed E-state index contributed by atoms with van der Waals surface area (Å²) in [4.78, 5) is 26.6. The minimum Gasteiger partial charge on any atom is -0.299 e. The van der Waals surface area contributed by atoms with E-state index in [2.05, 4.69) is 34.2 Å². The van der Waals surface area contributed by atoms with Gasteiger partial charge in [0.1, 0.15) is 4.83 Å². The summed E-state index contributed by atoms with van der Waals surface area (Å²) < 4.78 is 1.79. The number of rotatable bonds is 6. The zero-order chi connectivity index (χ0) is 18.1. The van der Waals surface area contributed by atoms with Crippen LogP contribution in [0, 0.1) is 0 Å². The Labute approximate surface area is 161 Å². The molecule has 0 spiro atoms. The number of aryl methyl sites for hydroxylation is 2. The Morgan fingerprint density at radius 3 is 3.04 bits per heavy atom. The highest BCUT2D eigenvalue weighted by molar-refractivity contribution is 7.18. The van der Waals surface area contributed by atoms with Gasteiger partial charge in [-0.05, 0) is 38.3 Å². The summed E-state index contributed by atoms with van der Waals surface area (Å²) in [5.74, 6) is 0. The van der Waals surface area contributed by atoms with Crippen LogP contribution in [0.4, 0.5) is 0 Å². The van der Waals surface area contributed by atoms with Crippen LogP contribution in [0.25, 0.3) is 10.2 Å². The van der Waals surface area contributed by atoms with Gasteiger partial charge in [0, 0.05) is 29.4 Å². The fraction of sp³-hybridized carbons (Fsp3) is 0.526. The molecule has 0 aliphatic heterocycles. The van der Waals surface area contributed by atoms with E-state index in [4.69, 9.17) is 0 Å². The summed E-state index contributed by atoms with van der Waals surface area (Å²) in [6.07, 6.45) is 6.89. The second-order valence-corrected chi connectivity index (χ2v) is 8.87. The van der Waals surface area contributed by atoms with Crippen LogP contribution < -0.4 is 5.56 Å². The van der Waals surface area contributed by atoms with E-state index < -0.39 is 0 Å². The third-order valence-electron chi connectivity index (χ3n) is 5.28. The molecule has 0 aromatic carbocycles. The van der Waals surface area contributed by atoms with Crippen molar-refractivity contribution in [3.8, 4) is 0 Å². The molecule has 5 nitrogen and oxygen atoms in total. The highest BCUT2D eigenvalue weighted by Crippen LogP contribution is 2.35. The van der Waals surface area contributed by atoms with Crippen molar-refractivity contribution in [2.75, 3.05) is 7.05 Å². The number of thiophene rings is 1. The van der Waals surface area contributed by atoms with Crippen LogP contribution in [-0.4, -0.2) is 32.5 Å². The van der Waals surface area contributed by atoms with Gasteiger partial charge in [-0.3, -0.25) is 14.3 Å². The van der Waals surface area contributed by atoms with Crippen LogP contribution in [0.3, 0.4) is 0 Å². The molecule has 0 saturated carbocycles. The Balaban J connectivity index is 1.59. The normalized spacial score (nSPS) is 17.1. The van der Waals surface area contributed by atoms with Crippen LogP contribution in [0.1, 0.15) is 42.3 Å². The van der Waals surface area contributed by atoms with Crippen molar-refractivity contribution in [3.05, 3.63) is 43.7 Å². The summed E-state index contributed by atoms with van der Waals surface area (Å²) in [6, 6.07) is 0.500. The Morgan fingerprint density at radius 1 is 1.38 bits per heavy atom. The number of thiazole rings is 1. The first-order valence-electron chi connectivity index (χ1n) is 9.24. The zero-order valence-electron chi connectivity index (χ0n) is 15.3. The first-order chi connectivity index (χ1) is 12.7. The highest BCUT2D eigenvalue weighted by atomic mass is 32.1. The smallest absolute Gasteiger partial charge is 0.262 e. The Bertz CT molecular complexity index is 945. The molecule has 0 radical (unpaired) electrons. The molecule has 3 heterocycles. The van der Waals surface area contributed by atoms with Crippen molar-refractivity contribution in [1.82, 2.24) is 19.4 Å². The van der Waals surface area contributed by atoms with E-state index in [1.807, 2.05) is 5.51 Å². The van der Waals surface area contributed by atoms with Gasteiger partial charge in [0.25, 0.3) is 5.56 Å². The maximum absolute atomic E-state index is 12.9. The van der Waals surface area contributed by atoms with E-state index >= 15 is 0 Å². The van der Waals surface area contributed by atoms with Gasteiger partial charge in [0.2, 0.25) is 0 Å². The minimum atomic E-state index is 0.148. The Hall–Kier alpha value is -1.57. The van der Waals surface area contributed by atoms with Gasteiger partial charge in [-0.2, -0.15) is 0 Å². The summed E-state index contributed by atoms with van der Waals surface area (Å²) in [7, 11) is 2.18. The maximum Gasteiger partial charge on any atom is 0.262 e. The molecule has 0 fully saturated rings. The third kappa shape index (κ3) is 3.35. The quantitative estimate of drug-likeness (QED) is 0.646. The van der Waals surface area contributed by atoms with Crippen LogP contribution >= 0.6 is 22.7 Å². The predicted octanol–water partition coefficient (Wildman–Crippen LogP) is 3.70. The number of aromatic nitrogens is 3. The van der Waals surface area contributed by atoms with Gasteiger partial charge in [0.15, 0.2) is 0 Å². The molecule has 3 aromatic rings. The fourth-order valence-electron chi connectivity index (χ4n) is 3.75. The van der Waals surface area contributed by atoms with Gasteiger partial charge in [-0.25, -0.2) is 9.97 Å². The molecule has 0 amide bonds. The van der Waals surface area contributed by atoms with Crippen LogP contribution in [-0.2, 0) is 25.9 Å². The van der Waals surface area contributed by atoms with E-state index in [1.54, 1.807) is 33.6 Å². The highest BCUT2D eigenvalue weighted by Gasteiger charge is 2.27. The molecule has 3 aromatic heterocycles. The molecule has 1 atom stereocenters. The lowest BCUT2D eigenvalue weighted by atomic mass is 9.92. The van der Waals surface area contributed by atoms with Crippen molar-refractivity contribution >= 4 is 32.9 Å². The largest absolute Gasteiger partial charge is 0.299 e. The number of nitrogens with zero attached hydrogens (tertiary/aromatic N) is 4. The fourth-order valence-corrected chi connectivity index (χ4v) is 5.55. The molecule has 1 aliphatic carbocycles. The second-order valence-electron chi connectivity index (χ2n) is 7.07. The lowest BCUT2D eigenvalue weighted by Crippen LogP contribution is -2.35. The third-order valence-corrected chi connectivity index (χ3v) is 7.08. The first kappa shape index (κ1) is 17.8. The molecule has 0 bridgehead atoms. The van der Waals surface area contributed by atoms with Crippen molar-refractivity contribution in [1.29, 1.82) is 0 Å². The van der Waals surface area contributed by atoms with Gasteiger partial charge < -0.3 is 0 Å². The SMILES string of the molecule is CCCCn1cnc2sc3c(c2c1=O)CCC(N(C)Cc1cscn1)C3. The average Bonchev–Trinajstić information content (AvgIpc) is 3.27. The van der Waals surface area contributed by atoms with E-state index in [9.17, 15) is 4.79 Å². The van der Waals surface area contributed by atoms with Crippen molar-refractivity contribution in [3.63, 3.8) is 0 Å². The lowest BCUT2D eigenvalue weighted by Gasteiger charge is -2.30. The van der Waals surface area contributed by atoms with E-state index in [-0.39, 0.29) is 5.56 Å². The van der Waals surface area contributed by atoms with Crippen molar-refractivity contribution in [2.24, 2.45) is 0 Å². The average molecular weight is 389 g/mol. The molecule has 0 saturated heterocycles. The van der Waals surface area contributed by atoms with Gasteiger partial charge in [-0.15, -0.1) is 22.7 Å². The molecule has 7 heteroatoms. The molecule has 1 aliphatic rings. The second kappa shape index (κ2) is 7.58. The first-order valence-corrected chi connectivity index (χ1v) is 11.0. The Kier molecular flexibility index (Phi) is 5.20. The Morgan fingerprint density at radius 2 is 2.27 bits per heavy atom. The van der Waals surface area contributed by atoms with Crippen LogP contribution in [0.15, 0.2) is 22.0 Å². The zero-order valence-corrected chi connectivity index (χ0v) is 16.9. The number of likely N-dealkylation sites (N-methyl/N-ethyl adjacent to an activating group) is 1. The van der Waals surface area contributed by atoms with Gasteiger partial charge in [-0.1, -0.05) is 13.3 Å². The van der Waals surface area contributed by atoms with Gasteiger partial charge >= 0.3 is 0 Å². The molecular weight excluding hydrogens is 364 g/mol. The standard InChI is InChI=1S/C19H24N4OS2/c1-3-4-7-23-11-20-18-17(19(23)24)15-6-5-14(8-16(15)26-18)22(2)9-13-10-25-12-21-13/h10-12,14H,3-9H2,1-2H3. The van der Waals surface area contributed by atoms with Crippen molar-refractivity contribution in [2.45, 2.75) is 58.2 Å². The molecule has 138 valence electrons. The number of fused-ring (bicyclic) bond motifs is 3. The number of hydrogen-bond acceptors (Lipinski definition) is 6. The monoisotopic (exact) mass is 388 g/mol. The van der Waals surface area contributed by atoms with Crippen LogP contribution in [0.2, 0.25) is 0 Å². The summed E-state index contributed by atoms with van der Waals surface area (Å²) >= 11 is 3.36. The molecule has 1 unspecified atom stereocenters. The molecule has 4 rings (SSSR count). The van der Waals surface area contributed by atoms with Crippen LogP contribution in [0.5, 0.6) is 0 Å². The molecule has 26 heavy (non-hydrogen) atoms. The summed E-state index contributed by atoms with van der Waals surface area (Å²) in [5, 5.41) is 3.00. The maximum atomic E-state index is 12.9. The topological polar surface area (TPSA) is 51.0 Å². The lowest BCUT2D eigenvalue weighted by molar-refractivity contribution is 0.213. The van der Waals surface area contributed by atoms with Gasteiger partial charge in [0.05, 0.1) is 22.9 Å². The van der Waals surface area contributed by atoms with E-state index in [0.717, 1.165) is 61.1 Å². The molecular formula is C19H24N4OS2. The molecule has 0 N–H and O–H groups in total. The summed E-state index contributed by atoms with van der Waals surface area (Å²) in [6.45, 7) is 3.80. The summed E-state index contributed by atoms with van der Waals surface area (Å²) in [5.41, 5.74) is 4.44. The van der Waals surface area contributed by atoms with E-state index in [0.29, 0.717) is 6.04 Å². The minimum absolute atomic E-state index is 0.148. The number of unbranched alkanes of at least 4 members (excludes halogenated alkanes) is 1.